The Morgan fingerprint density at radius 1 is 0.791 bits per heavy atom. The molecule has 9 heteroatoms. The standard InChI is InChI=1S/C34H69N2O6P/c1-6-8-10-12-14-16-18-19-21-23-25-27-33(37)32(31-42-43(39,40)41-30-29-36(3,4)5)35-34(38)28-26-24-22-20-17-15-13-11-9-7-2/h11,13,32-33,37H,6-10,12,14-31H2,1-5H3,(H-,35,38,39,40)/b13-11-. The van der Waals surface area contributed by atoms with Gasteiger partial charge in [-0.1, -0.05) is 122 Å². The van der Waals surface area contributed by atoms with Crippen molar-refractivity contribution in [2.45, 2.75) is 161 Å². The minimum atomic E-state index is -4.55. The lowest BCUT2D eigenvalue weighted by atomic mass is 10.0. The Bertz CT molecular complexity index is 728. The predicted molar refractivity (Wildman–Crippen MR) is 178 cm³/mol. The largest absolute Gasteiger partial charge is 0.756 e. The highest BCUT2D eigenvalue weighted by Gasteiger charge is 2.24. The molecular weight excluding hydrogens is 563 g/mol. The molecule has 0 aliphatic heterocycles. The third-order valence-corrected chi connectivity index (χ3v) is 8.70. The van der Waals surface area contributed by atoms with Gasteiger partial charge in [0.05, 0.1) is 39.9 Å². The Kier molecular flexibility index (Phi) is 27.1. The number of hydrogen-bond donors (Lipinski definition) is 2. The summed E-state index contributed by atoms with van der Waals surface area (Å²) in [6, 6.07) is -0.796. The van der Waals surface area contributed by atoms with E-state index in [1.165, 1.54) is 64.2 Å². The molecular formula is C34H69N2O6P. The highest BCUT2D eigenvalue weighted by Crippen LogP contribution is 2.38. The van der Waals surface area contributed by atoms with Crippen LogP contribution < -0.4 is 10.2 Å². The van der Waals surface area contributed by atoms with Crippen LogP contribution in [0.5, 0.6) is 0 Å². The zero-order chi connectivity index (χ0) is 32.2. The quantitative estimate of drug-likeness (QED) is 0.0349. The summed E-state index contributed by atoms with van der Waals surface area (Å²) < 4.78 is 23.0. The molecule has 1 amide bonds. The van der Waals surface area contributed by atoms with Crippen LogP contribution in [0.2, 0.25) is 0 Å². The SMILES string of the molecule is CCC/C=C\CCCCCCCC(=O)NC(COP(=O)([O-])OCC[N+](C)(C)C)C(O)CCCCCCCCCCCCC. The van der Waals surface area contributed by atoms with E-state index in [1.54, 1.807) is 0 Å². The molecule has 0 rings (SSSR count). The van der Waals surface area contributed by atoms with Gasteiger partial charge in [0.25, 0.3) is 7.82 Å². The van der Waals surface area contributed by atoms with Crippen molar-refractivity contribution in [1.29, 1.82) is 0 Å². The lowest BCUT2D eigenvalue weighted by molar-refractivity contribution is -0.870. The van der Waals surface area contributed by atoms with Crippen LogP contribution in [0.1, 0.15) is 149 Å². The number of likely N-dealkylation sites (N-methyl/N-ethyl adjacent to an activating group) is 1. The number of phosphoric acid groups is 1. The minimum Gasteiger partial charge on any atom is -0.756 e. The summed E-state index contributed by atoms with van der Waals surface area (Å²) >= 11 is 0. The number of nitrogens with one attached hydrogen (secondary N) is 1. The van der Waals surface area contributed by atoms with Crippen molar-refractivity contribution in [1.82, 2.24) is 5.32 Å². The van der Waals surface area contributed by atoms with Gasteiger partial charge in [-0.3, -0.25) is 9.36 Å². The number of amides is 1. The zero-order valence-corrected chi connectivity index (χ0v) is 29.6. The molecule has 0 aromatic heterocycles. The van der Waals surface area contributed by atoms with Crippen LogP contribution in [-0.4, -0.2) is 68.5 Å². The molecule has 0 aromatic rings. The van der Waals surface area contributed by atoms with Gasteiger partial charge in [0.2, 0.25) is 5.91 Å². The van der Waals surface area contributed by atoms with Crippen LogP contribution in [0.3, 0.4) is 0 Å². The van der Waals surface area contributed by atoms with Crippen molar-refractivity contribution in [3.63, 3.8) is 0 Å². The van der Waals surface area contributed by atoms with E-state index in [2.05, 4.69) is 31.3 Å². The van der Waals surface area contributed by atoms with Crippen LogP contribution >= 0.6 is 7.82 Å². The summed E-state index contributed by atoms with van der Waals surface area (Å²) in [7, 11) is 1.30. The predicted octanol–water partition coefficient (Wildman–Crippen LogP) is 7.83. The van der Waals surface area contributed by atoms with Gasteiger partial charge in [0.1, 0.15) is 13.2 Å². The highest BCUT2D eigenvalue weighted by molar-refractivity contribution is 7.45. The van der Waals surface area contributed by atoms with Gasteiger partial charge >= 0.3 is 0 Å². The number of quaternary nitrogens is 1. The first-order chi connectivity index (χ1) is 20.5. The molecule has 0 saturated heterocycles. The van der Waals surface area contributed by atoms with Gasteiger partial charge in [-0.05, 0) is 32.1 Å². The Morgan fingerprint density at radius 3 is 1.91 bits per heavy atom. The Hall–Kier alpha value is -0.760. The monoisotopic (exact) mass is 632 g/mol. The molecule has 0 radical (unpaired) electrons. The normalized spacial score (nSPS) is 15.0. The van der Waals surface area contributed by atoms with E-state index in [0.29, 0.717) is 23.9 Å². The topological polar surface area (TPSA) is 108 Å². The molecule has 3 unspecified atom stereocenters. The van der Waals surface area contributed by atoms with Crippen molar-refractivity contribution in [2.24, 2.45) is 0 Å². The van der Waals surface area contributed by atoms with Crippen LogP contribution in [-0.2, 0) is 18.4 Å². The summed E-state index contributed by atoms with van der Waals surface area (Å²) in [4.78, 5) is 25.0. The van der Waals surface area contributed by atoms with Crippen LogP contribution in [0.4, 0.5) is 0 Å². The van der Waals surface area contributed by atoms with E-state index in [4.69, 9.17) is 9.05 Å². The van der Waals surface area contributed by atoms with Gasteiger partial charge in [-0.2, -0.15) is 0 Å². The molecule has 0 aliphatic rings. The molecule has 0 aliphatic carbocycles. The Labute approximate surface area is 265 Å². The Balaban J connectivity index is 4.54. The third-order valence-electron chi connectivity index (χ3n) is 7.73. The fraction of sp³-hybridized carbons (Fsp3) is 0.912. The fourth-order valence-corrected chi connectivity index (χ4v) is 5.59. The van der Waals surface area contributed by atoms with E-state index in [-0.39, 0.29) is 19.1 Å². The molecule has 0 saturated carbocycles. The van der Waals surface area contributed by atoms with Crippen molar-refractivity contribution in [3.8, 4) is 0 Å². The number of aliphatic hydroxyl groups is 1. The van der Waals surface area contributed by atoms with E-state index in [0.717, 1.165) is 57.8 Å². The summed E-state index contributed by atoms with van der Waals surface area (Å²) in [6.07, 6.45) is 26.4. The molecule has 0 spiro atoms. The first kappa shape index (κ1) is 42.2. The first-order valence-corrected chi connectivity index (χ1v) is 19.0. The molecule has 0 bridgehead atoms. The van der Waals surface area contributed by atoms with Gasteiger partial charge in [0, 0.05) is 6.42 Å². The number of allylic oxidation sites excluding steroid dienone is 2. The molecule has 2 N–H and O–H groups in total. The van der Waals surface area contributed by atoms with Gasteiger partial charge in [-0.15, -0.1) is 0 Å². The average Bonchev–Trinajstić information content (AvgIpc) is 2.94. The summed E-state index contributed by atoms with van der Waals surface area (Å²) in [5, 5.41) is 13.7. The molecule has 3 atom stereocenters. The number of rotatable bonds is 31. The van der Waals surface area contributed by atoms with E-state index >= 15 is 0 Å². The number of nitrogens with zero attached hydrogens (tertiary/aromatic N) is 1. The van der Waals surface area contributed by atoms with Crippen LogP contribution in [0, 0.1) is 0 Å². The summed E-state index contributed by atoms with van der Waals surface area (Å²) in [5.41, 5.74) is 0. The van der Waals surface area contributed by atoms with Gasteiger partial charge < -0.3 is 28.8 Å². The van der Waals surface area contributed by atoms with E-state index in [1.807, 2.05) is 21.1 Å². The zero-order valence-electron chi connectivity index (χ0n) is 28.7. The number of hydrogen-bond acceptors (Lipinski definition) is 6. The maximum atomic E-state index is 12.7. The second-order valence-corrected chi connectivity index (χ2v) is 14.6. The third kappa shape index (κ3) is 29.7. The van der Waals surface area contributed by atoms with Crippen LogP contribution in [0.25, 0.3) is 0 Å². The summed E-state index contributed by atoms with van der Waals surface area (Å²) in [5.74, 6) is -0.180. The van der Waals surface area contributed by atoms with Gasteiger partial charge in [0.15, 0.2) is 0 Å². The lowest BCUT2D eigenvalue weighted by Crippen LogP contribution is -2.46. The number of aliphatic hydroxyl groups excluding tert-OH is 1. The second kappa shape index (κ2) is 27.5. The molecule has 0 fully saturated rings. The number of unbranched alkanes of at least 4 members (excludes halogenated alkanes) is 16. The van der Waals surface area contributed by atoms with E-state index in [9.17, 15) is 19.4 Å². The number of carbonyl (C=O) groups excluding carboxylic acids is 1. The van der Waals surface area contributed by atoms with Crippen LogP contribution in [0.15, 0.2) is 12.2 Å². The minimum absolute atomic E-state index is 0.0115. The average molecular weight is 633 g/mol. The molecule has 43 heavy (non-hydrogen) atoms. The second-order valence-electron chi connectivity index (χ2n) is 13.2. The molecule has 8 nitrogen and oxygen atoms in total. The number of carbonyl (C=O) groups is 1. The summed E-state index contributed by atoms with van der Waals surface area (Å²) in [6.45, 7) is 4.61. The fourth-order valence-electron chi connectivity index (χ4n) is 4.86. The van der Waals surface area contributed by atoms with Crippen molar-refractivity contribution in [3.05, 3.63) is 12.2 Å². The van der Waals surface area contributed by atoms with Crippen molar-refractivity contribution < 1.29 is 32.9 Å². The number of phosphoric ester groups is 1. The maximum absolute atomic E-state index is 12.7. The Morgan fingerprint density at radius 2 is 1.33 bits per heavy atom. The highest BCUT2D eigenvalue weighted by atomic mass is 31.2. The molecule has 0 heterocycles. The maximum Gasteiger partial charge on any atom is 0.268 e. The molecule has 256 valence electrons. The first-order valence-electron chi connectivity index (χ1n) is 17.5. The smallest absolute Gasteiger partial charge is 0.268 e. The molecule has 0 aromatic carbocycles. The lowest BCUT2D eigenvalue weighted by Gasteiger charge is -2.30. The van der Waals surface area contributed by atoms with Crippen molar-refractivity contribution >= 4 is 13.7 Å². The van der Waals surface area contributed by atoms with Crippen molar-refractivity contribution in [2.75, 3.05) is 40.9 Å². The van der Waals surface area contributed by atoms with Gasteiger partial charge in [-0.25, -0.2) is 0 Å². The van der Waals surface area contributed by atoms with E-state index < -0.39 is 20.0 Å².